The average molecular weight is 344 g/mol. The lowest BCUT2D eigenvalue weighted by molar-refractivity contribution is 0.0670. The first-order valence-corrected chi connectivity index (χ1v) is 8.74. The average Bonchev–Trinajstić information content (AvgIpc) is 2.62. The third-order valence-corrected chi connectivity index (χ3v) is 4.65. The number of aryl methyl sites for hydroxylation is 1. The van der Waals surface area contributed by atoms with Crippen LogP contribution in [0, 0.1) is 0 Å². The molecule has 2 aromatic rings. The Hall–Kier alpha value is -2.41. The number of rotatable bonds is 5. The fraction of sp³-hybridized carbons (Fsp3) is 0.500. The number of hydrogen-bond acceptors (Lipinski definition) is 5. The van der Waals surface area contributed by atoms with Crippen molar-refractivity contribution in [3.8, 4) is 0 Å². The number of aromatic nitrogens is 3. The van der Waals surface area contributed by atoms with Crippen molar-refractivity contribution < 1.29 is 4.74 Å². The highest BCUT2D eigenvalue weighted by Crippen LogP contribution is 2.18. The third-order valence-electron chi connectivity index (χ3n) is 4.65. The van der Waals surface area contributed by atoms with E-state index in [4.69, 9.17) is 4.74 Å². The first kappa shape index (κ1) is 17.4. The number of benzene rings is 1. The second-order valence-electron chi connectivity index (χ2n) is 6.35. The Morgan fingerprint density at radius 2 is 1.96 bits per heavy atom. The summed E-state index contributed by atoms with van der Waals surface area (Å²) in [5.74, 6) is 0.199. The topological polar surface area (TPSA) is 89.0 Å². The minimum Gasteiger partial charge on any atom is -0.381 e. The molecule has 3 rings (SSSR count). The van der Waals surface area contributed by atoms with Crippen molar-refractivity contribution in [2.45, 2.75) is 45.2 Å². The van der Waals surface area contributed by atoms with Crippen LogP contribution in [0.1, 0.15) is 49.9 Å². The second-order valence-corrected chi connectivity index (χ2v) is 6.35. The van der Waals surface area contributed by atoms with Gasteiger partial charge < -0.3 is 10.1 Å². The molecule has 1 aromatic carbocycles. The van der Waals surface area contributed by atoms with Crippen molar-refractivity contribution in [3.05, 3.63) is 56.4 Å². The van der Waals surface area contributed by atoms with Gasteiger partial charge in [-0.15, -0.1) is 0 Å². The number of aromatic amines is 1. The van der Waals surface area contributed by atoms with E-state index in [0.29, 0.717) is 26.1 Å². The molecule has 0 aliphatic carbocycles. The van der Waals surface area contributed by atoms with Crippen LogP contribution in [0.2, 0.25) is 0 Å². The molecule has 0 radical (unpaired) electrons. The highest BCUT2D eigenvalue weighted by atomic mass is 16.5. The molecule has 1 aliphatic rings. The summed E-state index contributed by atoms with van der Waals surface area (Å²) in [6.07, 6.45) is 2.29. The third kappa shape index (κ3) is 3.99. The number of hydrogen-bond donors (Lipinski definition) is 2. The monoisotopic (exact) mass is 344 g/mol. The number of anilines is 1. The van der Waals surface area contributed by atoms with Crippen LogP contribution >= 0.6 is 0 Å². The van der Waals surface area contributed by atoms with Gasteiger partial charge in [0.1, 0.15) is 0 Å². The largest absolute Gasteiger partial charge is 0.381 e. The predicted molar refractivity (Wildman–Crippen MR) is 96.1 cm³/mol. The SMILES string of the molecule is CCc1ccc([C@H](C)Nc2nc(=O)n(C3CCOCC3)c(=O)[nH]2)cc1. The van der Waals surface area contributed by atoms with Gasteiger partial charge in [-0.2, -0.15) is 4.98 Å². The number of H-pyrrole nitrogens is 1. The summed E-state index contributed by atoms with van der Waals surface area (Å²) in [7, 11) is 0. The van der Waals surface area contributed by atoms with Crippen LogP contribution in [0.25, 0.3) is 0 Å². The van der Waals surface area contributed by atoms with Gasteiger partial charge in [-0.1, -0.05) is 31.2 Å². The van der Waals surface area contributed by atoms with Gasteiger partial charge in [-0.05, 0) is 37.3 Å². The van der Waals surface area contributed by atoms with Gasteiger partial charge in [0.25, 0.3) is 0 Å². The molecule has 1 saturated heterocycles. The second kappa shape index (κ2) is 7.65. The van der Waals surface area contributed by atoms with Gasteiger partial charge in [-0.3, -0.25) is 4.98 Å². The van der Waals surface area contributed by atoms with E-state index in [1.54, 1.807) is 0 Å². The molecule has 1 aromatic heterocycles. The molecule has 2 N–H and O–H groups in total. The molecule has 1 atom stereocenters. The van der Waals surface area contributed by atoms with Crippen LogP contribution in [0.15, 0.2) is 33.9 Å². The van der Waals surface area contributed by atoms with Gasteiger partial charge in [0.05, 0.1) is 6.04 Å². The maximum atomic E-state index is 12.3. The van der Waals surface area contributed by atoms with E-state index >= 15 is 0 Å². The lowest BCUT2D eigenvalue weighted by Gasteiger charge is -2.23. The van der Waals surface area contributed by atoms with Crippen LogP contribution in [0.4, 0.5) is 5.95 Å². The smallest absolute Gasteiger partial charge is 0.355 e. The van der Waals surface area contributed by atoms with Crippen LogP contribution < -0.4 is 16.7 Å². The first-order valence-electron chi connectivity index (χ1n) is 8.74. The molecular weight excluding hydrogens is 320 g/mol. The molecule has 0 amide bonds. The van der Waals surface area contributed by atoms with Gasteiger partial charge in [0.15, 0.2) is 0 Å². The summed E-state index contributed by atoms with van der Waals surface area (Å²) in [5.41, 5.74) is 1.38. The Morgan fingerprint density at radius 3 is 2.56 bits per heavy atom. The van der Waals surface area contributed by atoms with E-state index < -0.39 is 11.4 Å². The zero-order valence-corrected chi connectivity index (χ0v) is 14.6. The Balaban J connectivity index is 1.78. The van der Waals surface area contributed by atoms with E-state index in [1.165, 1.54) is 10.1 Å². The summed E-state index contributed by atoms with van der Waals surface area (Å²) in [6, 6.07) is 8.01. The molecule has 1 aliphatic heterocycles. The maximum Gasteiger partial charge on any atom is 0.355 e. The van der Waals surface area contributed by atoms with E-state index in [9.17, 15) is 9.59 Å². The van der Waals surface area contributed by atoms with Gasteiger partial charge in [0, 0.05) is 19.3 Å². The molecule has 0 bridgehead atoms. The summed E-state index contributed by atoms with van der Waals surface area (Å²) >= 11 is 0. The summed E-state index contributed by atoms with van der Waals surface area (Å²) < 4.78 is 6.49. The van der Waals surface area contributed by atoms with E-state index in [2.05, 4.69) is 34.3 Å². The quantitative estimate of drug-likeness (QED) is 0.866. The van der Waals surface area contributed by atoms with Crippen molar-refractivity contribution in [2.75, 3.05) is 18.5 Å². The molecule has 0 saturated carbocycles. The van der Waals surface area contributed by atoms with Gasteiger partial charge in [0.2, 0.25) is 5.95 Å². The normalized spacial score (nSPS) is 16.6. The van der Waals surface area contributed by atoms with E-state index in [1.807, 2.05) is 19.1 Å². The predicted octanol–water partition coefficient (Wildman–Crippen LogP) is 2.02. The highest BCUT2D eigenvalue weighted by molar-refractivity contribution is 5.32. The molecule has 7 heteroatoms. The van der Waals surface area contributed by atoms with Crippen LogP contribution in [0.3, 0.4) is 0 Å². The summed E-state index contributed by atoms with van der Waals surface area (Å²) in [4.78, 5) is 31.4. The van der Waals surface area contributed by atoms with Crippen LogP contribution in [-0.2, 0) is 11.2 Å². The number of nitrogens with one attached hydrogen (secondary N) is 2. The molecule has 134 valence electrons. The minimum absolute atomic E-state index is 0.0765. The molecule has 1 fully saturated rings. The molecule has 25 heavy (non-hydrogen) atoms. The molecule has 7 nitrogen and oxygen atoms in total. The number of ether oxygens (including phenoxy) is 1. The van der Waals surface area contributed by atoms with Crippen LogP contribution in [-0.4, -0.2) is 27.7 Å². The number of nitrogens with zero attached hydrogens (tertiary/aromatic N) is 2. The lowest BCUT2D eigenvalue weighted by Crippen LogP contribution is -2.42. The highest BCUT2D eigenvalue weighted by Gasteiger charge is 2.20. The van der Waals surface area contributed by atoms with Crippen molar-refractivity contribution >= 4 is 5.95 Å². The van der Waals surface area contributed by atoms with E-state index in [-0.39, 0.29) is 18.0 Å². The summed E-state index contributed by atoms with van der Waals surface area (Å²) in [5, 5.41) is 3.10. The Labute approximate surface area is 146 Å². The Morgan fingerprint density at radius 1 is 1.28 bits per heavy atom. The summed E-state index contributed by atoms with van der Waals surface area (Å²) in [6.45, 7) is 5.19. The standard InChI is InChI=1S/C18H24N4O3/c1-3-13-4-6-14(7-5-13)12(2)19-16-20-17(23)22(18(24)21-16)15-8-10-25-11-9-15/h4-7,12,15H,3,8-11H2,1-2H3,(H2,19,20,21,23,24)/t12-/m0/s1. The van der Waals surface area contributed by atoms with Crippen molar-refractivity contribution in [1.82, 2.24) is 14.5 Å². The van der Waals surface area contributed by atoms with Crippen molar-refractivity contribution in [2.24, 2.45) is 0 Å². The minimum atomic E-state index is -0.522. The Bertz CT molecular complexity index is 788. The van der Waals surface area contributed by atoms with Crippen LogP contribution in [0.5, 0.6) is 0 Å². The van der Waals surface area contributed by atoms with Crippen molar-refractivity contribution in [3.63, 3.8) is 0 Å². The molecule has 0 unspecified atom stereocenters. The zero-order chi connectivity index (χ0) is 17.8. The molecule has 2 heterocycles. The Kier molecular flexibility index (Phi) is 5.33. The first-order chi connectivity index (χ1) is 12.1. The fourth-order valence-corrected chi connectivity index (χ4v) is 3.09. The van der Waals surface area contributed by atoms with Crippen molar-refractivity contribution in [1.29, 1.82) is 0 Å². The van der Waals surface area contributed by atoms with Gasteiger partial charge in [-0.25, -0.2) is 14.2 Å². The maximum absolute atomic E-state index is 12.3. The zero-order valence-electron chi connectivity index (χ0n) is 14.6. The fourth-order valence-electron chi connectivity index (χ4n) is 3.09. The van der Waals surface area contributed by atoms with Gasteiger partial charge >= 0.3 is 11.4 Å². The lowest BCUT2D eigenvalue weighted by atomic mass is 10.1. The molecule has 0 spiro atoms. The van der Waals surface area contributed by atoms with E-state index in [0.717, 1.165) is 12.0 Å². The molecular formula is C18H24N4O3.